The van der Waals surface area contributed by atoms with E-state index in [-0.39, 0.29) is 0 Å². The second-order valence-corrected chi connectivity index (χ2v) is 7.74. The molecule has 2 bridgehead atoms. The fourth-order valence-electron chi connectivity index (χ4n) is 3.88. The highest BCUT2D eigenvalue weighted by atomic mass is 79.9. The van der Waals surface area contributed by atoms with Crippen LogP contribution in [0.3, 0.4) is 0 Å². The Kier molecular flexibility index (Phi) is 5.26. The van der Waals surface area contributed by atoms with Crippen molar-refractivity contribution < 1.29 is 0 Å². The van der Waals surface area contributed by atoms with Gasteiger partial charge in [0.25, 0.3) is 0 Å². The van der Waals surface area contributed by atoms with Gasteiger partial charge in [0.1, 0.15) is 0 Å². The van der Waals surface area contributed by atoms with E-state index in [1.165, 1.54) is 44.2 Å². The van der Waals surface area contributed by atoms with Crippen molar-refractivity contribution in [2.75, 3.05) is 6.54 Å². The Morgan fingerprint density at radius 1 is 1.29 bits per heavy atom. The minimum Gasteiger partial charge on any atom is -0.311 e. The third-order valence-electron chi connectivity index (χ3n) is 4.85. The van der Waals surface area contributed by atoms with E-state index in [1.54, 1.807) is 0 Å². The Morgan fingerprint density at radius 3 is 2.62 bits per heavy atom. The van der Waals surface area contributed by atoms with Gasteiger partial charge < -0.3 is 5.32 Å². The smallest absolute Gasteiger partial charge is 0.0551 e. The van der Waals surface area contributed by atoms with Gasteiger partial charge in [-0.05, 0) is 72.3 Å². The topological polar surface area (TPSA) is 15.3 Å². The second-order valence-electron chi connectivity index (χ2n) is 6.48. The summed E-state index contributed by atoms with van der Waals surface area (Å²) < 4.78 is 0.981. The summed E-state index contributed by atoms with van der Waals surface area (Å²) in [5.74, 6) is 0. The number of nitrogens with one attached hydrogen (secondary N) is 1. The summed E-state index contributed by atoms with van der Waals surface area (Å²) in [6.07, 6.45) is 6.56. The van der Waals surface area contributed by atoms with Crippen LogP contribution in [0.1, 0.15) is 44.6 Å². The summed E-state index contributed by atoms with van der Waals surface area (Å²) in [6, 6.07) is 8.58. The molecule has 0 aliphatic carbocycles. The highest BCUT2D eigenvalue weighted by Crippen LogP contribution is 2.31. The Morgan fingerprint density at radius 2 is 2.00 bits per heavy atom. The number of halogens is 2. The zero-order valence-corrected chi connectivity index (χ0v) is 15.0. The van der Waals surface area contributed by atoms with Gasteiger partial charge in [0.15, 0.2) is 0 Å². The minimum absolute atomic E-state index is 0.728. The molecule has 1 aromatic rings. The lowest BCUT2D eigenvalue weighted by Gasteiger charge is -2.38. The Labute approximate surface area is 141 Å². The quantitative estimate of drug-likeness (QED) is 0.814. The first-order valence-corrected chi connectivity index (χ1v) is 9.27. The van der Waals surface area contributed by atoms with E-state index in [0.29, 0.717) is 0 Å². The van der Waals surface area contributed by atoms with Crippen molar-refractivity contribution >= 4 is 27.5 Å². The molecule has 2 aliphatic rings. The number of piperidine rings is 1. The lowest BCUT2D eigenvalue weighted by Crippen LogP contribution is -2.48. The van der Waals surface area contributed by atoms with Gasteiger partial charge >= 0.3 is 0 Å². The third kappa shape index (κ3) is 3.82. The molecule has 3 rings (SSSR count). The molecule has 0 spiro atoms. The van der Waals surface area contributed by atoms with E-state index < -0.39 is 0 Å². The van der Waals surface area contributed by atoms with Gasteiger partial charge in [-0.2, -0.15) is 0 Å². The predicted octanol–water partition coefficient (Wildman–Crippen LogP) is 4.60. The van der Waals surface area contributed by atoms with E-state index in [2.05, 4.69) is 51.3 Å². The SMILES string of the molecule is CCCN(Cc1ccc(Br)c(Cl)c1)C1CC2CCC(C1)N2. The Balaban J connectivity index is 1.70. The van der Waals surface area contributed by atoms with Crippen LogP contribution in [-0.4, -0.2) is 29.6 Å². The summed E-state index contributed by atoms with van der Waals surface area (Å²) in [5, 5.41) is 4.56. The van der Waals surface area contributed by atoms with Gasteiger partial charge in [-0.3, -0.25) is 4.90 Å². The van der Waals surface area contributed by atoms with Crippen molar-refractivity contribution in [1.82, 2.24) is 10.2 Å². The van der Waals surface area contributed by atoms with Crippen LogP contribution in [0.4, 0.5) is 0 Å². The molecule has 2 atom stereocenters. The number of hydrogen-bond acceptors (Lipinski definition) is 2. The number of fused-ring (bicyclic) bond motifs is 2. The molecule has 116 valence electrons. The van der Waals surface area contributed by atoms with Crippen molar-refractivity contribution in [3.63, 3.8) is 0 Å². The molecule has 2 fully saturated rings. The van der Waals surface area contributed by atoms with Crippen molar-refractivity contribution in [2.45, 2.75) is 63.7 Å². The lowest BCUT2D eigenvalue weighted by molar-refractivity contribution is 0.134. The lowest BCUT2D eigenvalue weighted by atomic mass is 9.97. The van der Waals surface area contributed by atoms with E-state index in [0.717, 1.165) is 34.2 Å². The van der Waals surface area contributed by atoms with Crippen LogP contribution in [0.15, 0.2) is 22.7 Å². The monoisotopic (exact) mass is 370 g/mol. The van der Waals surface area contributed by atoms with Crippen LogP contribution >= 0.6 is 27.5 Å². The maximum Gasteiger partial charge on any atom is 0.0551 e. The first-order valence-electron chi connectivity index (χ1n) is 8.09. The molecule has 2 heterocycles. The van der Waals surface area contributed by atoms with Gasteiger partial charge in [0.2, 0.25) is 0 Å². The first kappa shape index (κ1) is 15.8. The molecule has 1 N–H and O–H groups in total. The predicted molar refractivity (Wildman–Crippen MR) is 92.8 cm³/mol. The Bertz CT molecular complexity index is 482. The number of benzene rings is 1. The van der Waals surface area contributed by atoms with Crippen molar-refractivity contribution in [2.24, 2.45) is 0 Å². The van der Waals surface area contributed by atoms with E-state index in [4.69, 9.17) is 11.6 Å². The zero-order valence-electron chi connectivity index (χ0n) is 12.6. The zero-order chi connectivity index (χ0) is 14.8. The van der Waals surface area contributed by atoms with Crippen LogP contribution in [0, 0.1) is 0 Å². The fourth-order valence-corrected chi connectivity index (χ4v) is 4.33. The molecule has 21 heavy (non-hydrogen) atoms. The summed E-state index contributed by atoms with van der Waals surface area (Å²) >= 11 is 9.71. The first-order chi connectivity index (χ1) is 10.2. The van der Waals surface area contributed by atoms with E-state index in [9.17, 15) is 0 Å². The average Bonchev–Trinajstić information content (AvgIpc) is 2.81. The summed E-state index contributed by atoms with van der Waals surface area (Å²) in [7, 11) is 0. The number of nitrogens with zero attached hydrogens (tertiary/aromatic N) is 1. The highest BCUT2D eigenvalue weighted by Gasteiger charge is 2.35. The van der Waals surface area contributed by atoms with Gasteiger partial charge in [0, 0.05) is 29.1 Å². The van der Waals surface area contributed by atoms with E-state index in [1.807, 2.05) is 0 Å². The molecule has 1 aromatic carbocycles. The van der Waals surface area contributed by atoms with Gasteiger partial charge in [-0.1, -0.05) is 24.6 Å². The van der Waals surface area contributed by atoms with Crippen LogP contribution in [0.25, 0.3) is 0 Å². The van der Waals surface area contributed by atoms with Gasteiger partial charge in [0.05, 0.1) is 5.02 Å². The largest absolute Gasteiger partial charge is 0.311 e. The minimum atomic E-state index is 0.728. The molecular formula is C17H24BrClN2. The number of rotatable bonds is 5. The van der Waals surface area contributed by atoms with Crippen molar-refractivity contribution in [3.8, 4) is 0 Å². The maximum atomic E-state index is 6.24. The molecule has 2 aliphatic heterocycles. The molecule has 2 unspecified atom stereocenters. The van der Waals surface area contributed by atoms with Crippen LogP contribution < -0.4 is 5.32 Å². The fraction of sp³-hybridized carbons (Fsp3) is 0.647. The maximum absolute atomic E-state index is 6.24. The molecule has 0 radical (unpaired) electrons. The molecular weight excluding hydrogens is 348 g/mol. The molecule has 2 nitrogen and oxygen atoms in total. The van der Waals surface area contributed by atoms with Crippen molar-refractivity contribution in [1.29, 1.82) is 0 Å². The standard InChI is InChI=1S/C17H24BrClN2/c1-2-7-21(11-12-3-6-16(18)17(19)8-12)15-9-13-4-5-14(10-15)20-13/h3,6,8,13-15,20H,2,4-5,7,9-11H2,1H3. The van der Waals surface area contributed by atoms with Gasteiger partial charge in [-0.15, -0.1) is 0 Å². The van der Waals surface area contributed by atoms with Gasteiger partial charge in [-0.25, -0.2) is 0 Å². The third-order valence-corrected chi connectivity index (χ3v) is 6.08. The summed E-state index contributed by atoms with van der Waals surface area (Å²) in [4.78, 5) is 2.67. The van der Waals surface area contributed by atoms with E-state index >= 15 is 0 Å². The molecule has 4 heteroatoms. The summed E-state index contributed by atoms with van der Waals surface area (Å²) in [5.41, 5.74) is 1.32. The molecule has 0 saturated carbocycles. The molecule has 0 aromatic heterocycles. The highest BCUT2D eigenvalue weighted by molar-refractivity contribution is 9.10. The normalized spacial score (nSPS) is 28.3. The Hall–Kier alpha value is -0.0900. The number of hydrogen-bond donors (Lipinski definition) is 1. The molecule has 2 saturated heterocycles. The average molecular weight is 372 g/mol. The summed E-state index contributed by atoms with van der Waals surface area (Å²) in [6.45, 7) is 4.47. The molecule has 0 amide bonds. The van der Waals surface area contributed by atoms with Crippen LogP contribution in [0.5, 0.6) is 0 Å². The van der Waals surface area contributed by atoms with Crippen molar-refractivity contribution in [3.05, 3.63) is 33.3 Å². The second kappa shape index (κ2) is 6.99. The van der Waals surface area contributed by atoms with Crippen LogP contribution in [-0.2, 0) is 6.54 Å². The van der Waals surface area contributed by atoms with Crippen LogP contribution in [0.2, 0.25) is 5.02 Å².